The Labute approximate surface area is 249 Å². The van der Waals surface area contributed by atoms with E-state index in [1.54, 1.807) is 0 Å². The molecule has 5 rings (SSSR count). The summed E-state index contributed by atoms with van der Waals surface area (Å²) in [5.74, 6) is 0.230. The zero-order valence-corrected chi connectivity index (χ0v) is 25.1. The Morgan fingerprint density at radius 2 is 1.74 bits per heavy atom. The van der Waals surface area contributed by atoms with Gasteiger partial charge in [0.25, 0.3) is 5.91 Å². The minimum absolute atomic E-state index is 0. The number of methoxy groups -OCH3 is 1. The lowest BCUT2D eigenvalue weighted by Gasteiger charge is -2.43. The summed E-state index contributed by atoms with van der Waals surface area (Å²) in [5.41, 5.74) is 12.7. The first kappa shape index (κ1) is 33.7. The molecule has 0 radical (unpaired) electrons. The van der Waals surface area contributed by atoms with Crippen LogP contribution in [0.3, 0.4) is 0 Å². The van der Waals surface area contributed by atoms with E-state index in [0.717, 1.165) is 71.4 Å². The standard InChI is InChI=1S/C27H41ClN4O5.2ClH/c1-35-26-20(27(30)34)15-22(28)25(29)21(26)17-36-19-8-13-31(14-9-19)10-4-2-3-5-24(33)37-23-16-32-11-6-18(23)7-12-32;;/h15,18-19,23H,2-14,16-17,29H2,1H3,(H2,30,34);2*1H/t23-;;/m1../s1. The Morgan fingerprint density at radius 1 is 1.05 bits per heavy atom. The second kappa shape index (κ2) is 16.1. The van der Waals surface area contributed by atoms with Gasteiger partial charge in [-0.05, 0) is 70.1 Å². The van der Waals surface area contributed by atoms with Crippen LogP contribution < -0.4 is 16.2 Å². The fourth-order valence-electron chi connectivity index (χ4n) is 5.81. The molecule has 2 bridgehead atoms. The summed E-state index contributed by atoms with van der Waals surface area (Å²) in [6, 6.07) is 1.43. The molecule has 9 nitrogen and oxygen atoms in total. The van der Waals surface area contributed by atoms with Gasteiger partial charge in [0.05, 0.1) is 36.1 Å². The molecule has 4 N–H and O–H groups in total. The van der Waals surface area contributed by atoms with Crippen molar-refractivity contribution in [1.82, 2.24) is 9.80 Å². The SMILES string of the molecule is COc1c(C(N)=O)cc(Cl)c(N)c1COC1CCN(CCCCCC(=O)O[C@@H]2CN3CCC2CC3)CC1.Cl.Cl. The quantitative estimate of drug-likeness (QED) is 0.207. The molecule has 4 fully saturated rings. The number of esters is 1. The van der Waals surface area contributed by atoms with Gasteiger partial charge in [0.1, 0.15) is 11.9 Å². The number of fused-ring (bicyclic) bond motifs is 3. The molecular weight excluding hydrogens is 567 g/mol. The minimum Gasteiger partial charge on any atom is -0.495 e. The predicted octanol–water partition coefficient (Wildman–Crippen LogP) is 4.05. The number of carbonyl (C=O) groups excluding carboxylic acids is 2. The second-order valence-electron chi connectivity index (χ2n) is 10.5. The van der Waals surface area contributed by atoms with E-state index < -0.39 is 5.91 Å². The van der Waals surface area contributed by atoms with E-state index in [1.165, 1.54) is 26.0 Å². The van der Waals surface area contributed by atoms with E-state index in [-0.39, 0.29) is 60.2 Å². The van der Waals surface area contributed by atoms with Crippen LogP contribution in [0.25, 0.3) is 0 Å². The maximum Gasteiger partial charge on any atom is 0.306 e. The largest absolute Gasteiger partial charge is 0.495 e. The summed E-state index contributed by atoms with van der Waals surface area (Å²) in [5, 5.41) is 0.260. The topological polar surface area (TPSA) is 120 Å². The molecule has 0 aromatic heterocycles. The molecule has 4 saturated heterocycles. The predicted molar refractivity (Wildman–Crippen MR) is 157 cm³/mol. The monoisotopic (exact) mass is 608 g/mol. The molecule has 0 saturated carbocycles. The van der Waals surface area contributed by atoms with E-state index in [2.05, 4.69) is 9.80 Å². The van der Waals surface area contributed by atoms with Crippen LogP contribution in [0, 0.1) is 5.92 Å². The van der Waals surface area contributed by atoms with Crippen molar-refractivity contribution in [3.8, 4) is 5.75 Å². The molecule has 0 unspecified atom stereocenters. The summed E-state index contributed by atoms with van der Waals surface area (Å²) >= 11 is 6.20. The molecule has 1 aromatic rings. The van der Waals surface area contributed by atoms with Gasteiger partial charge in [-0.1, -0.05) is 18.0 Å². The summed E-state index contributed by atoms with van der Waals surface area (Å²) in [7, 11) is 1.47. The van der Waals surface area contributed by atoms with Crippen LogP contribution in [-0.2, 0) is 20.9 Å². The van der Waals surface area contributed by atoms with E-state index in [1.807, 2.05) is 0 Å². The number of unbranched alkanes of at least 4 members (excludes halogenated alkanes) is 2. The maximum atomic E-state index is 12.3. The van der Waals surface area contributed by atoms with Gasteiger partial charge in [-0.2, -0.15) is 0 Å². The van der Waals surface area contributed by atoms with Gasteiger partial charge in [-0.3, -0.25) is 14.5 Å². The summed E-state index contributed by atoms with van der Waals surface area (Å²) < 4.78 is 17.3. The number of nitrogens with two attached hydrogens (primary N) is 2. The first-order valence-electron chi connectivity index (χ1n) is 13.6. The smallest absolute Gasteiger partial charge is 0.306 e. The number of primary amides is 1. The molecular formula is C27H43Cl3N4O5. The Hall–Kier alpha value is -1.49. The number of likely N-dealkylation sites (tertiary alicyclic amines) is 1. The van der Waals surface area contributed by atoms with Crippen molar-refractivity contribution < 1.29 is 23.8 Å². The maximum absolute atomic E-state index is 12.3. The third-order valence-electron chi connectivity index (χ3n) is 8.07. The normalized spacial score (nSPS) is 23.0. The minimum atomic E-state index is -0.626. The highest BCUT2D eigenvalue weighted by Crippen LogP contribution is 2.36. The Balaban J connectivity index is 0.00000267. The molecule has 0 spiro atoms. The Kier molecular flexibility index (Phi) is 13.9. The van der Waals surface area contributed by atoms with Crippen LogP contribution in [0.15, 0.2) is 6.07 Å². The van der Waals surface area contributed by atoms with Gasteiger partial charge >= 0.3 is 5.97 Å². The molecule has 1 amide bonds. The third kappa shape index (κ3) is 9.00. The average molecular weight is 610 g/mol. The zero-order valence-electron chi connectivity index (χ0n) is 22.7. The molecule has 1 atom stereocenters. The Morgan fingerprint density at radius 3 is 2.33 bits per heavy atom. The first-order valence-corrected chi connectivity index (χ1v) is 13.9. The Bertz CT molecular complexity index is 954. The zero-order chi connectivity index (χ0) is 26.4. The van der Waals surface area contributed by atoms with Crippen LogP contribution >= 0.6 is 36.4 Å². The van der Waals surface area contributed by atoms with Crippen LogP contribution in [0.5, 0.6) is 5.75 Å². The van der Waals surface area contributed by atoms with Crippen LogP contribution in [0.1, 0.15) is 67.3 Å². The van der Waals surface area contributed by atoms with Gasteiger partial charge in [-0.25, -0.2) is 0 Å². The lowest BCUT2D eigenvalue weighted by molar-refractivity contribution is -0.158. The van der Waals surface area contributed by atoms with Gasteiger partial charge in [0, 0.05) is 31.6 Å². The van der Waals surface area contributed by atoms with Crippen molar-refractivity contribution in [3.05, 3.63) is 22.2 Å². The van der Waals surface area contributed by atoms with Gasteiger partial charge in [0.15, 0.2) is 0 Å². The molecule has 4 heterocycles. The molecule has 1 aromatic carbocycles. The molecule has 12 heteroatoms. The van der Waals surface area contributed by atoms with Crippen LogP contribution in [0.4, 0.5) is 5.69 Å². The fourth-order valence-corrected chi connectivity index (χ4v) is 6.04. The number of hydrogen-bond acceptors (Lipinski definition) is 8. The van der Waals surface area contributed by atoms with Crippen molar-refractivity contribution in [2.45, 2.75) is 70.2 Å². The molecule has 222 valence electrons. The van der Waals surface area contributed by atoms with Crippen molar-refractivity contribution >= 4 is 54.0 Å². The molecule has 39 heavy (non-hydrogen) atoms. The lowest BCUT2D eigenvalue weighted by Crippen LogP contribution is -2.51. The molecule has 4 aliphatic rings. The fraction of sp³-hybridized carbons (Fsp3) is 0.704. The second-order valence-corrected chi connectivity index (χ2v) is 10.9. The lowest BCUT2D eigenvalue weighted by atomic mass is 9.86. The summed E-state index contributed by atoms with van der Waals surface area (Å²) in [6.07, 6.45) is 7.87. The number of anilines is 1. The number of nitrogen functional groups attached to an aromatic ring is 1. The highest BCUT2D eigenvalue weighted by Gasteiger charge is 2.36. The number of piperidine rings is 4. The van der Waals surface area contributed by atoms with Crippen LogP contribution in [0.2, 0.25) is 5.02 Å². The number of amides is 1. The number of ether oxygens (including phenoxy) is 3. The van der Waals surface area contributed by atoms with Crippen molar-refractivity contribution in [2.24, 2.45) is 11.7 Å². The van der Waals surface area contributed by atoms with Crippen molar-refractivity contribution in [3.63, 3.8) is 0 Å². The number of hydrogen-bond donors (Lipinski definition) is 2. The van der Waals surface area contributed by atoms with E-state index in [9.17, 15) is 9.59 Å². The average Bonchev–Trinajstić information content (AvgIpc) is 2.90. The molecule has 0 aliphatic carbocycles. The highest BCUT2D eigenvalue weighted by atomic mass is 35.5. The van der Waals surface area contributed by atoms with Crippen molar-refractivity contribution in [2.75, 3.05) is 52.1 Å². The van der Waals surface area contributed by atoms with Crippen molar-refractivity contribution in [1.29, 1.82) is 0 Å². The number of carbonyl (C=O) groups is 2. The number of halogens is 3. The first-order chi connectivity index (χ1) is 17.9. The van der Waals surface area contributed by atoms with Gasteiger partial charge in [-0.15, -0.1) is 24.8 Å². The number of rotatable bonds is 12. The summed E-state index contributed by atoms with van der Waals surface area (Å²) in [4.78, 5) is 28.9. The third-order valence-corrected chi connectivity index (χ3v) is 8.39. The van der Waals surface area contributed by atoms with Gasteiger partial charge < -0.3 is 30.6 Å². The van der Waals surface area contributed by atoms with E-state index >= 15 is 0 Å². The summed E-state index contributed by atoms with van der Waals surface area (Å²) in [6.45, 7) is 6.39. The number of nitrogens with zero attached hydrogens (tertiary/aromatic N) is 2. The molecule has 4 aliphatic heterocycles. The van der Waals surface area contributed by atoms with Gasteiger partial charge in [0.2, 0.25) is 0 Å². The highest BCUT2D eigenvalue weighted by molar-refractivity contribution is 6.33. The number of benzene rings is 1. The van der Waals surface area contributed by atoms with Crippen LogP contribution in [-0.4, -0.2) is 80.3 Å². The van der Waals surface area contributed by atoms with E-state index in [0.29, 0.717) is 29.3 Å². The van der Waals surface area contributed by atoms with E-state index in [4.69, 9.17) is 37.3 Å².